The Morgan fingerprint density at radius 3 is 2.77 bits per heavy atom. The van der Waals surface area contributed by atoms with E-state index in [0.29, 0.717) is 18.0 Å². The van der Waals surface area contributed by atoms with Crippen LogP contribution in [0, 0.1) is 6.92 Å². The fourth-order valence-electron chi connectivity index (χ4n) is 4.39. The second-order valence-electron chi connectivity index (χ2n) is 7.04. The van der Waals surface area contributed by atoms with Crippen LogP contribution in [-0.2, 0) is 0 Å². The van der Waals surface area contributed by atoms with Gasteiger partial charge >= 0.3 is 0 Å². The third-order valence-electron chi connectivity index (χ3n) is 5.60. The molecule has 1 N–H and O–H groups in total. The maximum Gasteiger partial charge on any atom is 0.266 e. The van der Waals surface area contributed by atoms with Crippen LogP contribution in [0.25, 0.3) is 0 Å². The van der Waals surface area contributed by atoms with Crippen molar-refractivity contribution in [3.63, 3.8) is 0 Å². The summed E-state index contributed by atoms with van der Waals surface area (Å²) in [7, 11) is 0. The van der Waals surface area contributed by atoms with E-state index >= 15 is 0 Å². The maximum absolute atomic E-state index is 13.1. The van der Waals surface area contributed by atoms with Crippen molar-refractivity contribution in [3.8, 4) is 0 Å². The molecule has 3 heterocycles. The second-order valence-corrected chi connectivity index (χ2v) is 8.07. The normalized spacial score (nSPS) is 29.0. The smallest absolute Gasteiger partial charge is 0.266 e. The molecule has 2 unspecified atom stereocenters. The maximum atomic E-state index is 13.1. The van der Waals surface area contributed by atoms with E-state index in [2.05, 4.69) is 10.2 Å². The van der Waals surface area contributed by atoms with Crippen LogP contribution >= 0.6 is 11.3 Å². The minimum atomic E-state index is 0.246. The number of amides is 1. The molecule has 22 heavy (non-hydrogen) atoms. The summed E-state index contributed by atoms with van der Waals surface area (Å²) in [5.41, 5.74) is 0.952. The van der Waals surface area contributed by atoms with Crippen molar-refractivity contribution in [2.24, 2.45) is 0 Å². The fraction of sp³-hybridized carbons (Fsp3) is 0.765. The summed E-state index contributed by atoms with van der Waals surface area (Å²) in [6, 6.07) is 0.820. The molecule has 1 amide bonds. The van der Waals surface area contributed by atoms with Gasteiger partial charge in [-0.15, -0.1) is 11.3 Å². The van der Waals surface area contributed by atoms with Gasteiger partial charge in [-0.3, -0.25) is 4.79 Å². The Labute approximate surface area is 136 Å². The highest BCUT2D eigenvalue weighted by Crippen LogP contribution is 2.38. The van der Waals surface area contributed by atoms with E-state index in [1.54, 1.807) is 11.3 Å². The molecular formula is C17H25N3OS. The molecule has 1 aromatic heterocycles. The van der Waals surface area contributed by atoms with E-state index in [1.165, 1.54) is 37.1 Å². The lowest BCUT2D eigenvalue weighted by Crippen LogP contribution is -2.42. The minimum absolute atomic E-state index is 0.246. The Bertz CT molecular complexity index is 550. The number of aromatic nitrogens is 1. The lowest BCUT2D eigenvalue weighted by Gasteiger charge is -2.27. The van der Waals surface area contributed by atoms with Gasteiger partial charge in [0.1, 0.15) is 4.88 Å². The Kier molecular flexibility index (Phi) is 3.95. The predicted molar refractivity (Wildman–Crippen MR) is 88.5 cm³/mol. The van der Waals surface area contributed by atoms with Gasteiger partial charge in [-0.25, -0.2) is 4.98 Å². The van der Waals surface area contributed by atoms with E-state index in [9.17, 15) is 4.79 Å². The molecule has 1 aromatic rings. The predicted octanol–water partition coefficient (Wildman–Crippen LogP) is 3.08. The number of nitrogens with one attached hydrogen (secondary N) is 1. The summed E-state index contributed by atoms with van der Waals surface area (Å²) in [4.78, 5) is 21.0. The Morgan fingerprint density at radius 2 is 1.95 bits per heavy atom. The Hall–Kier alpha value is -0.940. The average Bonchev–Trinajstić information content (AvgIpc) is 3.16. The molecular weight excluding hydrogens is 294 g/mol. The SMILES string of the molecule is Cc1nc(C2CCCC2)sc1C(=O)N1C2CCNCC1CC2. The number of nitrogens with zero attached hydrogens (tertiary/aromatic N) is 2. The van der Waals surface area contributed by atoms with Gasteiger partial charge in [0.05, 0.1) is 10.7 Å². The van der Waals surface area contributed by atoms with Crippen LogP contribution in [0.2, 0.25) is 0 Å². The molecule has 1 saturated carbocycles. The molecule has 120 valence electrons. The first-order valence-electron chi connectivity index (χ1n) is 8.74. The average molecular weight is 319 g/mol. The van der Waals surface area contributed by atoms with Crippen LogP contribution in [0.5, 0.6) is 0 Å². The van der Waals surface area contributed by atoms with Gasteiger partial charge in [0.2, 0.25) is 0 Å². The summed E-state index contributed by atoms with van der Waals surface area (Å²) < 4.78 is 0. The van der Waals surface area contributed by atoms with Gasteiger partial charge in [-0.1, -0.05) is 12.8 Å². The molecule has 0 radical (unpaired) electrons. The van der Waals surface area contributed by atoms with Gasteiger partial charge < -0.3 is 10.2 Å². The first-order chi connectivity index (χ1) is 10.7. The van der Waals surface area contributed by atoms with E-state index in [-0.39, 0.29) is 5.91 Å². The van der Waals surface area contributed by atoms with E-state index in [4.69, 9.17) is 4.98 Å². The quantitative estimate of drug-likeness (QED) is 0.911. The van der Waals surface area contributed by atoms with E-state index in [1.807, 2.05) is 6.92 Å². The number of hydrogen-bond acceptors (Lipinski definition) is 4. The summed E-state index contributed by atoms with van der Waals surface area (Å²) >= 11 is 1.67. The molecule has 4 nitrogen and oxygen atoms in total. The van der Waals surface area contributed by atoms with Gasteiger partial charge in [0, 0.05) is 24.5 Å². The van der Waals surface area contributed by atoms with Crippen molar-refractivity contribution < 1.29 is 4.79 Å². The summed E-state index contributed by atoms with van der Waals surface area (Å²) in [5, 5.41) is 4.68. The number of hydrogen-bond donors (Lipinski definition) is 1. The molecule has 4 rings (SSSR count). The first kappa shape index (κ1) is 14.6. The van der Waals surface area contributed by atoms with Crippen molar-refractivity contribution in [2.45, 2.75) is 69.9 Å². The molecule has 2 atom stereocenters. The van der Waals surface area contributed by atoms with Gasteiger partial charge in [-0.2, -0.15) is 0 Å². The number of carbonyl (C=O) groups excluding carboxylic acids is 1. The number of carbonyl (C=O) groups is 1. The standard InChI is InChI=1S/C17H25N3OS/c1-11-15(22-16(19-11)12-4-2-3-5-12)17(21)20-13-6-7-14(20)10-18-9-8-13/h12-14,18H,2-10H2,1H3. The number of fused-ring (bicyclic) bond motifs is 2. The number of aryl methyl sites for hydroxylation is 1. The van der Waals surface area contributed by atoms with Crippen LogP contribution in [0.15, 0.2) is 0 Å². The second kappa shape index (κ2) is 5.93. The topological polar surface area (TPSA) is 45.2 Å². The van der Waals surface area contributed by atoms with Crippen LogP contribution in [-0.4, -0.2) is 41.0 Å². The first-order valence-corrected chi connectivity index (χ1v) is 9.56. The van der Waals surface area contributed by atoms with Crippen molar-refractivity contribution in [1.29, 1.82) is 0 Å². The zero-order chi connectivity index (χ0) is 15.1. The Morgan fingerprint density at radius 1 is 1.18 bits per heavy atom. The molecule has 0 spiro atoms. The highest BCUT2D eigenvalue weighted by atomic mass is 32.1. The van der Waals surface area contributed by atoms with Crippen molar-refractivity contribution in [1.82, 2.24) is 15.2 Å². The monoisotopic (exact) mass is 319 g/mol. The molecule has 0 aromatic carbocycles. The lowest BCUT2D eigenvalue weighted by atomic mass is 10.1. The van der Waals surface area contributed by atoms with Crippen molar-refractivity contribution >= 4 is 17.2 Å². The molecule has 3 aliphatic rings. The number of rotatable bonds is 2. The van der Waals surface area contributed by atoms with Crippen LogP contribution in [0.4, 0.5) is 0 Å². The zero-order valence-electron chi connectivity index (χ0n) is 13.3. The molecule has 2 aliphatic heterocycles. The Balaban J connectivity index is 1.59. The third-order valence-corrected chi connectivity index (χ3v) is 6.91. The molecule has 3 fully saturated rings. The number of thiazole rings is 1. The highest BCUT2D eigenvalue weighted by molar-refractivity contribution is 7.13. The van der Waals surface area contributed by atoms with Crippen LogP contribution < -0.4 is 5.32 Å². The molecule has 2 saturated heterocycles. The fourth-order valence-corrected chi connectivity index (χ4v) is 5.57. The van der Waals surface area contributed by atoms with Crippen molar-refractivity contribution in [3.05, 3.63) is 15.6 Å². The van der Waals surface area contributed by atoms with E-state index in [0.717, 1.165) is 36.5 Å². The lowest BCUT2D eigenvalue weighted by molar-refractivity contribution is 0.0684. The van der Waals surface area contributed by atoms with Gasteiger partial charge in [-0.05, 0) is 45.6 Å². The molecule has 5 heteroatoms. The largest absolute Gasteiger partial charge is 0.331 e. The van der Waals surface area contributed by atoms with Gasteiger partial charge in [0.25, 0.3) is 5.91 Å². The van der Waals surface area contributed by atoms with E-state index < -0.39 is 0 Å². The summed E-state index contributed by atoms with van der Waals surface area (Å²) in [6.07, 6.45) is 8.54. The van der Waals surface area contributed by atoms with Crippen LogP contribution in [0.3, 0.4) is 0 Å². The third kappa shape index (κ3) is 2.48. The highest BCUT2D eigenvalue weighted by Gasteiger charge is 2.39. The molecule has 2 bridgehead atoms. The zero-order valence-corrected chi connectivity index (χ0v) is 14.1. The minimum Gasteiger partial charge on any atom is -0.331 e. The summed E-state index contributed by atoms with van der Waals surface area (Å²) in [6.45, 7) is 4.01. The molecule has 1 aliphatic carbocycles. The summed E-state index contributed by atoms with van der Waals surface area (Å²) in [5.74, 6) is 0.850. The van der Waals surface area contributed by atoms with Crippen LogP contribution in [0.1, 0.15) is 71.2 Å². The van der Waals surface area contributed by atoms with Gasteiger partial charge in [0.15, 0.2) is 0 Å². The van der Waals surface area contributed by atoms with Crippen molar-refractivity contribution in [2.75, 3.05) is 13.1 Å².